The minimum atomic E-state index is 1.12. The van der Waals surface area contributed by atoms with Crippen molar-refractivity contribution in [3.63, 3.8) is 0 Å². The van der Waals surface area contributed by atoms with Crippen LogP contribution in [0.3, 0.4) is 0 Å². The van der Waals surface area contributed by atoms with E-state index in [9.17, 15) is 0 Å². The van der Waals surface area contributed by atoms with Crippen molar-refractivity contribution in [1.29, 1.82) is 0 Å². The fourth-order valence-corrected chi connectivity index (χ4v) is 6.35. The van der Waals surface area contributed by atoms with Crippen LogP contribution in [0.15, 0.2) is 152 Å². The SMILES string of the molecule is [c]1c(-c2cccc3ccccc23)c(-c2cccc3ccccc23)c(-c2cccc3ccccc23)c2ccccc12. The van der Waals surface area contributed by atoms with Crippen LogP contribution < -0.4 is 0 Å². The Morgan fingerprint density at radius 2 is 0.700 bits per heavy atom. The fraction of sp³-hybridized carbons (Fsp3) is 0. The Kier molecular flexibility index (Phi) is 5.24. The van der Waals surface area contributed by atoms with Gasteiger partial charge in [-0.3, -0.25) is 0 Å². The monoisotopic (exact) mass is 505 g/mol. The Labute approximate surface area is 233 Å². The summed E-state index contributed by atoms with van der Waals surface area (Å²) in [5.74, 6) is 0. The summed E-state index contributed by atoms with van der Waals surface area (Å²) in [5, 5.41) is 9.79. The summed E-state index contributed by atoms with van der Waals surface area (Å²) in [5.41, 5.74) is 7.29. The zero-order chi connectivity index (χ0) is 26.5. The quantitative estimate of drug-likeness (QED) is 0.224. The van der Waals surface area contributed by atoms with Gasteiger partial charge >= 0.3 is 0 Å². The molecule has 0 saturated carbocycles. The van der Waals surface area contributed by atoms with Crippen molar-refractivity contribution >= 4 is 43.1 Å². The van der Waals surface area contributed by atoms with E-state index in [0.717, 1.165) is 10.9 Å². The molecule has 1 radical (unpaired) electrons. The van der Waals surface area contributed by atoms with E-state index in [1.54, 1.807) is 0 Å². The maximum Gasteiger partial charge on any atom is -0.000718 e. The molecule has 40 heavy (non-hydrogen) atoms. The predicted octanol–water partition coefficient (Wildman–Crippen LogP) is 11.1. The second kappa shape index (κ2) is 9.22. The lowest BCUT2D eigenvalue weighted by Crippen LogP contribution is -1.95. The fourth-order valence-electron chi connectivity index (χ4n) is 6.35. The molecule has 0 saturated heterocycles. The summed E-state index contributed by atoms with van der Waals surface area (Å²) in [6, 6.07) is 58.8. The second-order valence-electron chi connectivity index (χ2n) is 10.4. The average Bonchev–Trinajstić information content (AvgIpc) is 3.03. The first-order valence-corrected chi connectivity index (χ1v) is 13.8. The molecule has 8 aromatic carbocycles. The van der Waals surface area contributed by atoms with Crippen LogP contribution in [-0.4, -0.2) is 0 Å². The van der Waals surface area contributed by atoms with Crippen molar-refractivity contribution in [2.75, 3.05) is 0 Å². The molecule has 0 amide bonds. The van der Waals surface area contributed by atoms with Crippen molar-refractivity contribution in [2.45, 2.75) is 0 Å². The van der Waals surface area contributed by atoms with Crippen LogP contribution in [0.25, 0.3) is 76.5 Å². The smallest absolute Gasteiger partial charge is 0.000718 e. The summed E-state index contributed by atoms with van der Waals surface area (Å²) in [6.45, 7) is 0. The molecule has 0 unspecified atom stereocenters. The van der Waals surface area contributed by atoms with E-state index in [2.05, 4.69) is 158 Å². The molecule has 0 atom stereocenters. The molecule has 0 N–H and O–H groups in total. The standard InChI is InChI=1S/C40H25/c1-5-19-31-27(12-1)16-9-23-35(31)38-26-30-15-4-8-22-34(30)39(36-24-10-17-28-13-2-6-20-32(28)36)40(38)37-25-11-18-29-14-3-7-21-33(29)37/h1-25H. The topological polar surface area (TPSA) is 0 Å². The van der Waals surface area contributed by atoms with Gasteiger partial charge in [0.05, 0.1) is 0 Å². The third-order valence-electron chi connectivity index (χ3n) is 8.13. The first-order valence-electron chi connectivity index (χ1n) is 13.8. The van der Waals surface area contributed by atoms with Crippen LogP contribution in [0.2, 0.25) is 0 Å². The normalized spacial score (nSPS) is 11.5. The van der Waals surface area contributed by atoms with Crippen LogP contribution in [0, 0.1) is 6.07 Å². The molecule has 0 bridgehead atoms. The van der Waals surface area contributed by atoms with Crippen LogP contribution >= 0.6 is 0 Å². The van der Waals surface area contributed by atoms with Crippen LogP contribution in [-0.2, 0) is 0 Å². The van der Waals surface area contributed by atoms with Gasteiger partial charge in [0.25, 0.3) is 0 Å². The molecular weight excluding hydrogens is 480 g/mol. The summed E-state index contributed by atoms with van der Waals surface area (Å²) in [7, 11) is 0. The maximum atomic E-state index is 3.93. The van der Waals surface area contributed by atoms with E-state index < -0.39 is 0 Å². The molecule has 0 aromatic heterocycles. The van der Waals surface area contributed by atoms with Crippen LogP contribution in [0.1, 0.15) is 0 Å². The third kappa shape index (κ3) is 3.54. The zero-order valence-electron chi connectivity index (χ0n) is 21.9. The van der Waals surface area contributed by atoms with Crippen LogP contribution in [0.5, 0.6) is 0 Å². The highest BCUT2D eigenvalue weighted by atomic mass is 14.2. The molecule has 0 spiro atoms. The molecule has 0 heterocycles. The lowest BCUT2D eigenvalue weighted by molar-refractivity contribution is 1.62. The van der Waals surface area contributed by atoms with Gasteiger partial charge in [-0.25, -0.2) is 0 Å². The maximum absolute atomic E-state index is 3.93. The summed E-state index contributed by atoms with van der Waals surface area (Å²) in [6.07, 6.45) is 0. The number of fused-ring (bicyclic) bond motifs is 4. The van der Waals surface area contributed by atoms with Gasteiger partial charge in [-0.1, -0.05) is 152 Å². The van der Waals surface area contributed by atoms with E-state index >= 15 is 0 Å². The molecule has 0 fully saturated rings. The Balaban J connectivity index is 1.63. The molecule has 185 valence electrons. The average molecular weight is 506 g/mol. The van der Waals surface area contributed by atoms with Gasteiger partial charge in [0.2, 0.25) is 0 Å². The van der Waals surface area contributed by atoms with Gasteiger partial charge in [-0.05, 0) is 82.5 Å². The van der Waals surface area contributed by atoms with Crippen LogP contribution in [0.4, 0.5) is 0 Å². The van der Waals surface area contributed by atoms with Gasteiger partial charge in [-0.2, -0.15) is 0 Å². The van der Waals surface area contributed by atoms with Crippen molar-refractivity contribution in [2.24, 2.45) is 0 Å². The van der Waals surface area contributed by atoms with E-state index in [0.29, 0.717) is 0 Å². The minimum absolute atomic E-state index is 1.12. The lowest BCUT2D eigenvalue weighted by atomic mass is 9.81. The third-order valence-corrected chi connectivity index (χ3v) is 8.13. The zero-order valence-corrected chi connectivity index (χ0v) is 21.9. The first kappa shape index (κ1) is 22.8. The molecule has 0 aliphatic heterocycles. The lowest BCUT2D eigenvalue weighted by Gasteiger charge is -2.22. The molecule has 0 nitrogen and oxygen atoms in total. The Morgan fingerprint density at radius 1 is 0.300 bits per heavy atom. The summed E-state index contributed by atoms with van der Waals surface area (Å²) in [4.78, 5) is 0. The van der Waals surface area contributed by atoms with E-state index in [-0.39, 0.29) is 0 Å². The summed E-state index contributed by atoms with van der Waals surface area (Å²) >= 11 is 0. The van der Waals surface area contributed by atoms with Gasteiger partial charge in [-0.15, -0.1) is 0 Å². The first-order chi connectivity index (χ1) is 19.9. The highest BCUT2D eigenvalue weighted by molar-refractivity contribution is 6.18. The van der Waals surface area contributed by atoms with Gasteiger partial charge in [0.1, 0.15) is 0 Å². The van der Waals surface area contributed by atoms with Crippen molar-refractivity contribution < 1.29 is 0 Å². The molecular formula is C40H25. The molecule has 8 aromatic rings. The van der Waals surface area contributed by atoms with E-state index in [4.69, 9.17) is 0 Å². The highest BCUT2D eigenvalue weighted by Crippen LogP contribution is 2.48. The molecule has 8 rings (SSSR count). The highest BCUT2D eigenvalue weighted by Gasteiger charge is 2.22. The number of hydrogen-bond donors (Lipinski definition) is 0. The van der Waals surface area contributed by atoms with E-state index in [1.807, 2.05) is 0 Å². The van der Waals surface area contributed by atoms with Crippen molar-refractivity contribution in [3.05, 3.63) is 158 Å². The molecule has 0 heteroatoms. The number of rotatable bonds is 3. The van der Waals surface area contributed by atoms with Gasteiger partial charge in [0, 0.05) is 0 Å². The second-order valence-corrected chi connectivity index (χ2v) is 10.4. The molecule has 0 aliphatic carbocycles. The Morgan fingerprint density at radius 3 is 1.27 bits per heavy atom. The number of hydrogen-bond acceptors (Lipinski definition) is 0. The van der Waals surface area contributed by atoms with Gasteiger partial charge in [0.15, 0.2) is 0 Å². The van der Waals surface area contributed by atoms with E-state index in [1.165, 1.54) is 65.5 Å². The number of benzene rings is 8. The largest absolute Gasteiger partial charge is 0.0616 e. The van der Waals surface area contributed by atoms with Gasteiger partial charge < -0.3 is 0 Å². The molecule has 0 aliphatic rings. The summed E-state index contributed by atoms with van der Waals surface area (Å²) < 4.78 is 0. The van der Waals surface area contributed by atoms with Crippen molar-refractivity contribution in [3.8, 4) is 33.4 Å². The Hall–Kier alpha value is -5.20. The predicted molar refractivity (Wildman–Crippen MR) is 172 cm³/mol. The minimum Gasteiger partial charge on any atom is -0.0616 e. The van der Waals surface area contributed by atoms with Crippen molar-refractivity contribution in [1.82, 2.24) is 0 Å². The Bertz CT molecular complexity index is 2200.